The van der Waals surface area contributed by atoms with E-state index in [-0.39, 0.29) is 17.9 Å². The minimum Gasteiger partial charge on any atom is -0.425 e. The van der Waals surface area contributed by atoms with Crippen LogP contribution in [0.1, 0.15) is 62.5 Å². The quantitative estimate of drug-likeness (QED) is 0.555. The lowest BCUT2D eigenvalue weighted by atomic mass is 9.99. The summed E-state index contributed by atoms with van der Waals surface area (Å²) in [6.07, 6.45) is 4.49. The SMILES string of the molecule is CC(C)c1nnc(CCC(=O)N2CCCC2c2nc(N(C)C)ncc2-c2ccccc2)o1. The van der Waals surface area contributed by atoms with Gasteiger partial charge < -0.3 is 14.2 Å². The van der Waals surface area contributed by atoms with Gasteiger partial charge in [0.2, 0.25) is 23.6 Å². The van der Waals surface area contributed by atoms with Crippen LogP contribution in [0.5, 0.6) is 0 Å². The second kappa shape index (κ2) is 9.46. The first-order valence-electron chi connectivity index (χ1n) is 11.2. The van der Waals surface area contributed by atoms with E-state index in [0.29, 0.717) is 30.6 Å². The van der Waals surface area contributed by atoms with Crippen LogP contribution >= 0.6 is 0 Å². The molecule has 32 heavy (non-hydrogen) atoms. The zero-order valence-corrected chi connectivity index (χ0v) is 19.2. The van der Waals surface area contributed by atoms with Gasteiger partial charge >= 0.3 is 0 Å². The van der Waals surface area contributed by atoms with E-state index in [1.807, 2.05) is 62.1 Å². The molecule has 1 fully saturated rings. The zero-order chi connectivity index (χ0) is 22.7. The Balaban J connectivity index is 1.57. The number of likely N-dealkylation sites (tertiary alicyclic amines) is 1. The monoisotopic (exact) mass is 434 g/mol. The van der Waals surface area contributed by atoms with Crippen LogP contribution in [0.3, 0.4) is 0 Å². The van der Waals surface area contributed by atoms with Crippen LogP contribution in [-0.2, 0) is 11.2 Å². The molecule has 0 spiro atoms. The molecule has 3 aromatic rings. The van der Waals surface area contributed by atoms with Gasteiger partial charge in [-0.1, -0.05) is 44.2 Å². The average Bonchev–Trinajstić information content (AvgIpc) is 3.47. The van der Waals surface area contributed by atoms with Crippen LogP contribution in [0.15, 0.2) is 40.9 Å². The lowest BCUT2D eigenvalue weighted by molar-refractivity contribution is -0.132. The number of amides is 1. The first kappa shape index (κ1) is 21.9. The van der Waals surface area contributed by atoms with Gasteiger partial charge in [-0.25, -0.2) is 9.97 Å². The molecule has 8 heteroatoms. The van der Waals surface area contributed by atoms with Crippen LogP contribution in [-0.4, -0.2) is 51.6 Å². The van der Waals surface area contributed by atoms with Crippen LogP contribution in [0.4, 0.5) is 5.95 Å². The van der Waals surface area contributed by atoms with Gasteiger partial charge in [0, 0.05) is 51.2 Å². The number of aryl methyl sites for hydroxylation is 1. The second-order valence-corrected chi connectivity index (χ2v) is 8.66. The largest absolute Gasteiger partial charge is 0.425 e. The number of anilines is 1. The lowest BCUT2D eigenvalue weighted by Crippen LogP contribution is -2.32. The van der Waals surface area contributed by atoms with Crippen molar-refractivity contribution >= 4 is 11.9 Å². The van der Waals surface area contributed by atoms with Crippen LogP contribution in [0.25, 0.3) is 11.1 Å². The van der Waals surface area contributed by atoms with Gasteiger partial charge in [0.15, 0.2) is 0 Å². The van der Waals surface area contributed by atoms with Crippen molar-refractivity contribution in [3.8, 4) is 11.1 Å². The van der Waals surface area contributed by atoms with Crippen LogP contribution in [0.2, 0.25) is 0 Å². The molecule has 0 aliphatic carbocycles. The molecular formula is C24H30N6O2. The molecule has 2 aromatic heterocycles. The summed E-state index contributed by atoms with van der Waals surface area (Å²) < 4.78 is 5.67. The van der Waals surface area contributed by atoms with Crippen LogP contribution in [0, 0.1) is 0 Å². The number of carbonyl (C=O) groups excluding carboxylic acids is 1. The number of carbonyl (C=O) groups is 1. The van der Waals surface area contributed by atoms with Crippen molar-refractivity contribution in [2.45, 2.75) is 51.5 Å². The number of nitrogens with zero attached hydrogens (tertiary/aromatic N) is 6. The van der Waals surface area contributed by atoms with Crippen molar-refractivity contribution in [1.82, 2.24) is 25.1 Å². The third-order valence-electron chi connectivity index (χ3n) is 5.71. The van der Waals surface area contributed by atoms with Crippen molar-refractivity contribution in [3.63, 3.8) is 0 Å². The highest BCUT2D eigenvalue weighted by Crippen LogP contribution is 2.37. The van der Waals surface area contributed by atoms with Gasteiger partial charge in [-0.05, 0) is 18.4 Å². The standard InChI is InChI=1S/C24H30N6O2/c1-16(2)23-28-27-20(32-23)12-13-21(31)30-14-8-11-19(30)22-18(17-9-6-5-7-10-17)15-25-24(26-22)29(3)4/h5-7,9-10,15-16,19H,8,11-14H2,1-4H3. The normalized spacial score (nSPS) is 16.0. The van der Waals surface area contributed by atoms with Crippen molar-refractivity contribution in [2.75, 3.05) is 25.5 Å². The Morgan fingerprint density at radius 3 is 2.69 bits per heavy atom. The summed E-state index contributed by atoms with van der Waals surface area (Å²) >= 11 is 0. The third kappa shape index (κ3) is 4.64. The Kier molecular flexibility index (Phi) is 6.48. The number of hydrogen-bond donors (Lipinski definition) is 0. The molecule has 4 rings (SSSR count). The molecule has 0 radical (unpaired) electrons. The maximum absolute atomic E-state index is 13.2. The molecule has 1 amide bonds. The average molecular weight is 435 g/mol. The molecule has 0 saturated carbocycles. The highest BCUT2D eigenvalue weighted by atomic mass is 16.4. The molecular weight excluding hydrogens is 404 g/mol. The zero-order valence-electron chi connectivity index (χ0n) is 19.2. The summed E-state index contributed by atoms with van der Waals surface area (Å²) in [6, 6.07) is 10.0. The molecule has 1 aliphatic rings. The molecule has 3 heterocycles. The smallest absolute Gasteiger partial charge is 0.225 e. The molecule has 1 aromatic carbocycles. The second-order valence-electron chi connectivity index (χ2n) is 8.66. The first-order chi connectivity index (χ1) is 15.4. The van der Waals surface area contributed by atoms with E-state index < -0.39 is 0 Å². The lowest BCUT2D eigenvalue weighted by Gasteiger charge is -2.27. The van der Waals surface area contributed by atoms with Crippen LogP contribution < -0.4 is 4.90 Å². The predicted octanol–water partition coefficient (Wildman–Crippen LogP) is 4.01. The summed E-state index contributed by atoms with van der Waals surface area (Å²) in [5, 5.41) is 8.15. The topological polar surface area (TPSA) is 88.3 Å². The van der Waals surface area contributed by atoms with E-state index in [4.69, 9.17) is 9.40 Å². The summed E-state index contributed by atoms with van der Waals surface area (Å²) in [5.74, 6) is 2.03. The van der Waals surface area contributed by atoms with Gasteiger partial charge in [0.25, 0.3) is 0 Å². The molecule has 1 unspecified atom stereocenters. The summed E-state index contributed by atoms with van der Waals surface area (Å²) in [7, 11) is 3.85. The molecule has 0 bridgehead atoms. The minimum atomic E-state index is -0.0756. The highest BCUT2D eigenvalue weighted by molar-refractivity contribution is 5.78. The van der Waals surface area contributed by atoms with Gasteiger partial charge in [-0.2, -0.15) is 0 Å². The Morgan fingerprint density at radius 1 is 1.22 bits per heavy atom. The molecule has 0 N–H and O–H groups in total. The van der Waals surface area contributed by atoms with E-state index in [2.05, 4.69) is 27.3 Å². The summed E-state index contributed by atoms with van der Waals surface area (Å²) in [6.45, 7) is 4.73. The Morgan fingerprint density at radius 2 is 2.00 bits per heavy atom. The Labute approximate surface area is 188 Å². The number of rotatable bonds is 7. The summed E-state index contributed by atoms with van der Waals surface area (Å²) in [4.78, 5) is 26.5. The highest BCUT2D eigenvalue weighted by Gasteiger charge is 2.33. The van der Waals surface area contributed by atoms with Gasteiger partial charge in [-0.15, -0.1) is 10.2 Å². The fourth-order valence-corrected chi connectivity index (χ4v) is 4.00. The Bertz CT molecular complexity index is 1060. The van der Waals surface area contributed by atoms with Crippen molar-refractivity contribution in [3.05, 3.63) is 54.0 Å². The van der Waals surface area contributed by atoms with E-state index >= 15 is 0 Å². The maximum atomic E-state index is 13.2. The van der Waals surface area contributed by atoms with E-state index in [9.17, 15) is 4.79 Å². The number of aromatic nitrogens is 4. The van der Waals surface area contributed by atoms with Crippen molar-refractivity contribution < 1.29 is 9.21 Å². The molecule has 168 valence electrons. The van der Waals surface area contributed by atoms with E-state index in [1.165, 1.54) is 0 Å². The van der Waals surface area contributed by atoms with Gasteiger partial charge in [0.05, 0.1) is 11.7 Å². The first-order valence-corrected chi connectivity index (χ1v) is 11.2. The minimum absolute atomic E-state index is 0.0756. The predicted molar refractivity (Wildman–Crippen MR) is 122 cm³/mol. The third-order valence-corrected chi connectivity index (χ3v) is 5.71. The molecule has 1 aliphatic heterocycles. The Hall–Kier alpha value is -3.29. The molecule has 1 atom stereocenters. The number of benzene rings is 1. The number of hydrogen-bond acceptors (Lipinski definition) is 7. The van der Waals surface area contributed by atoms with E-state index in [1.54, 1.807) is 0 Å². The fourth-order valence-electron chi connectivity index (χ4n) is 4.00. The van der Waals surface area contributed by atoms with Crippen molar-refractivity contribution in [2.24, 2.45) is 0 Å². The van der Waals surface area contributed by atoms with E-state index in [0.717, 1.165) is 36.2 Å². The summed E-state index contributed by atoms with van der Waals surface area (Å²) in [5.41, 5.74) is 2.93. The van der Waals surface area contributed by atoms with Gasteiger partial charge in [-0.3, -0.25) is 4.79 Å². The molecule has 1 saturated heterocycles. The van der Waals surface area contributed by atoms with Crippen molar-refractivity contribution in [1.29, 1.82) is 0 Å². The maximum Gasteiger partial charge on any atom is 0.225 e. The fraction of sp³-hybridized carbons (Fsp3) is 0.458. The molecule has 8 nitrogen and oxygen atoms in total. The van der Waals surface area contributed by atoms with Gasteiger partial charge in [0.1, 0.15) is 0 Å².